The predicted molar refractivity (Wildman–Crippen MR) is 96.6 cm³/mol. The summed E-state index contributed by atoms with van der Waals surface area (Å²) in [6.07, 6.45) is -5.23. The van der Waals surface area contributed by atoms with Crippen molar-refractivity contribution in [2.45, 2.75) is 51.9 Å². The summed E-state index contributed by atoms with van der Waals surface area (Å²) in [4.78, 5) is 23.9. The van der Waals surface area contributed by atoms with Gasteiger partial charge in [0.25, 0.3) is 0 Å². The van der Waals surface area contributed by atoms with E-state index in [0.29, 0.717) is 0 Å². The van der Waals surface area contributed by atoms with Gasteiger partial charge in [-0.2, -0.15) is 13.2 Å². The minimum absolute atomic E-state index is 0.0756. The zero-order chi connectivity index (χ0) is 21.5. The number of halogens is 3. The molecule has 0 spiro atoms. The second-order valence-electron chi connectivity index (χ2n) is 7.07. The number of carbonyl (C=O) groups excluding carboxylic acids is 2. The summed E-state index contributed by atoms with van der Waals surface area (Å²) in [5.41, 5.74) is -0.521. The van der Waals surface area contributed by atoms with Crippen molar-refractivity contribution >= 4 is 17.7 Å². The SMILES string of the molecule is COc1ccc(OCC(F)(F)F)cc1NC(=O)CC(C)NC(=O)OC(C)(C)C. The molecular formula is C18H25F3N2O5. The van der Waals surface area contributed by atoms with E-state index < -0.39 is 36.4 Å². The number of anilines is 1. The highest BCUT2D eigenvalue weighted by Gasteiger charge is 2.28. The van der Waals surface area contributed by atoms with Crippen LogP contribution in [0.1, 0.15) is 34.1 Å². The van der Waals surface area contributed by atoms with E-state index in [1.165, 1.54) is 25.3 Å². The second kappa shape index (κ2) is 9.52. The molecule has 0 aliphatic carbocycles. The van der Waals surface area contributed by atoms with Gasteiger partial charge in [0.2, 0.25) is 5.91 Å². The number of rotatable bonds is 7. The highest BCUT2D eigenvalue weighted by molar-refractivity contribution is 5.93. The van der Waals surface area contributed by atoms with Crippen LogP contribution in [0.15, 0.2) is 18.2 Å². The van der Waals surface area contributed by atoms with Crippen molar-refractivity contribution in [2.24, 2.45) is 0 Å². The molecule has 0 saturated carbocycles. The first kappa shape index (κ1) is 23.4. The normalized spacial score (nSPS) is 12.7. The number of hydrogen-bond donors (Lipinski definition) is 2. The van der Waals surface area contributed by atoms with E-state index in [0.717, 1.165) is 0 Å². The quantitative estimate of drug-likeness (QED) is 0.718. The fourth-order valence-electron chi connectivity index (χ4n) is 2.08. The molecule has 1 atom stereocenters. The van der Waals surface area contributed by atoms with E-state index in [1.807, 2.05) is 0 Å². The minimum atomic E-state index is -4.48. The first-order chi connectivity index (χ1) is 12.8. The van der Waals surface area contributed by atoms with Crippen LogP contribution in [-0.4, -0.2) is 43.5 Å². The van der Waals surface area contributed by atoms with E-state index in [1.54, 1.807) is 27.7 Å². The third-order valence-corrected chi connectivity index (χ3v) is 3.10. The fraction of sp³-hybridized carbons (Fsp3) is 0.556. The predicted octanol–water partition coefficient (Wildman–Crippen LogP) is 3.88. The van der Waals surface area contributed by atoms with Gasteiger partial charge in [-0.3, -0.25) is 4.79 Å². The third kappa shape index (κ3) is 9.33. The molecule has 0 fully saturated rings. The first-order valence-corrected chi connectivity index (χ1v) is 8.46. The summed E-state index contributed by atoms with van der Waals surface area (Å²) in [6, 6.07) is 3.37. The summed E-state index contributed by atoms with van der Waals surface area (Å²) >= 11 is 0. The van der Waals surface area contributed by atoms with Gasteiger partial charge in [0, 0.05) is 18.5 Å². The number of nitrogens with one attached hydrogen (secondary N) is 2. The maximum Gasteiger partial charge on any atom is 0.422 e. The lowest BCUT2D eigenvalue weighted by Gasteiger charge is -2.22. The second-order valence-corrected chi connectivity index (χ2v) is 7.07. The maximum atomic E-state index is 12.3. The Kier molecular flexibility index (Phi) is 7.95. The number of benzene rings is 1. The smallest absolute Gasteiger partial charge is 0.422 e. The van der Waals surface area contributed by atoms with E-state index in [9.17, 15) is 22.8 Å². The molecule has 10 heteroatoms. The van der Waals surface area contributed by atoms with Gasteiger partial charge in [-0.05, 0) is 39.8 Å². The average molecular weight is 406 g/mol. The molecule has 0 bridgehead atoms. The van der Waals surface area contributed by atoms with Crippen LogP contribution in [0, 0.1) is 0 Å². The standard InChI is InChI=1S/C18H25F3N2O5/c1-11(22-16(25)28-17(2,3)4)8-15(24)23-13-9-12(6-7-14(13)26-5)27-10-18(19,20)21/h6-7,9,11H,8,10H2,1-5H3,(H,22,25)(H,23,24). The molecule has 158 valence electrons. The van der Waals surface area contributed by atoms with Crippen LogP contribution >= 0.6 is 0 Å². The number of carbonyl (C=O) groups is 2. The van der Waals surface area contributed by atoms with Crippen LogP contribution in [-0.2, 0) is 9.53 Å². The van der Waals surface area contributed by atoms with Crippen LogP contribution in [0.2, 0.25) is 0 Å². The fourth-order valence-corrected chi connectivity index (χ4v) is 2.08. The van der Waals surface area contributed by atoms with Crippen molar-refractivity contribution in [1.29, 1.82) is 0 Å². The number of amides is 2. The highest BCUT2D eigenvalue weighted by atomic mass is 19.4. The lowest BCUT2D eigenvalue weighted by Crippen LogP contribution is -2.39. The summed E-state index contributed by atoms with van der Waals surface area (Å²) in [5.74, 6) is -0.302. The minimum Gasteiger partial charge on any atom is -0.495 e. The van der Waals surface area contributed by atoms with Gasteiger partial charge in [0.15, 0.2) is 6.61 Å². The Morgan fingerprint density at radius 1 is 1.18 bits per heavy atom. The van der Waals surface area contributed by atoms with Crippen molar-refractivity contribution in [2.75, 3.05) is 19.0 Å². The van der Waals surface area contributed by atoms with Crippen LogP contribution in [0.4, 0.5) is 23.7 Å². The summed E-state index contributed by atoms with van der Waals surface area (Å²) in [6.45, 7) is 5.30. The summed E-state index contributed by atoms with van der Waals surface area (Å²) < 4.78 is 51.7. The molecule has 0 saturated heterocycles. The molecule has 7 nitrogen and oxygen atoms in total. The van der Waals surface area contributed by atoms with Gasteiger partial charge < -0.3 is 24.8 Å². The van der Waals surface area contributed by atoms with Gasteiger partial charge >= 0.3 is 12.3 Å². The molecule has 2 N–H and O–H groups in total. The zero-order valence-electron chi connectivity index (χ0n) is 16.4. The molecule has 0 aliphatic heterocycles. The van der Waals surface area contributed by atoms with Crippen molar-refractivity contribution < 1.29 is 37.0 Å². The zero-order valence-corrected chi connectivity index (χ0v) is 16.4. The molecule has 2 amide bonds. The summed E-state index contributed by atoms with van der Waals surface area (Å²) in [7, 11) is 1.36. The molecule has 0 radical (unpaired) electrons. The van der Waals surface area contributed by atoms with Crippen molar-refractivity contribution in [3.8, 4) is 11.5 Å². The monoisotopic (exact) mass is 406 g/mol. The molecule has 0 aliphatic rings. The molecule has 1 aromatic rings. The molecule has 1 rings (SSSR count). The highest BCUT2D eigenvalue weighted by Crippen LogP contribution is 2.30. The Morgan fingerprint density at radius 3 is 2.36 bits per heavy atom. The van der Waals surface area contributed by atoms with Gasteiger partial charge in [0.1, 0.15) is 17.1 Å². The van der Waals surface area contributed by atoms with Crippen LogP contribution < -0.4 is 20.1 Å². The molecule has 1 unspecified atom stereocenters. The molecule has 28 heavy (non-hydrogen) atoms. The maximum absolute atomic E-state index is 12.3. The van der Waals surface area contributed by atoms with Gasteiger partial charge in [-0.15, -0.1) is 0 Å². The topological polar surface area (TPSA) is 85.9 Å². The lowest BCUT2D eigenvalue weighted by molar-refractivity contribution is -0.153. The van der Waals surface area contributed by atoms with Crippen molar-refractivity contribution in [3.63, 3.8) is 0 Å². The van der Waals surface area contributed by atoms with Gasteiger partial charge in [-0.25, -0.2) is 4.79 Å². The molecule has 0 aromatic heterocycles. The van der Waals surface area contributed by atoms with Crippen molar-refractivity contribution in [3.05, 3.63) is 18.2 Å². The number of methoxy groups -OCH3 is 1. The summed E-state index contributed by atoms with van der Waals surface area (Å²) in [5, 5.41) is 5.06. The number of alkyl halides is 3. The van der Waals surface area contributed by atoms with Crippen molar-refractivity contribution in [1.82, 2.24) is 5.32 Å². The Morgan fingerprint density at radius 2 is 1.82 bits per heavy atom. The molecular weight excluding hydrogens is 381 g/mol. The third-order valence-electron chi connectivity index (χ3n) is 3.10. The van der Waals surface area contributed by atoms with E-state index >= 15 is 0 Å². The molecule has 0 heterocycles. The van der Waals surface area contributed by atoms with Crippen LogP contribution in [0.3, 0.4) is 0 Å². The molecule has 1 aromatic carbocycles. The Labute approximate surface area is 161 Å². The Hall–Kier alpha value is -2.65. The van der Waals surface area contributed by atoms with E-state index in [4.69, 9.17) is 9.47 Å². The van der Waals surface area contributed by atoms with E-state index in [-0.39, 0.29) is 23.6 Å². The van der Waals surface area contributed by atoms with Gasteiger partial charge in [-0.1, -0.05) is 0 Å². The number of hydrogen-bond acceptors (Lipinski definition) is 5. The average Bonchev–Trinajstić information content (AvgIpc) is 2.50. The lowest BCUT2D eigenvalue weighted by atomic mass is 10.2. The van der Waals surface area contributed by atoms with Crippen LogP contribution in [0.5, 0.6) is 11.5 Å². The Bertz CT molecular complexity index is 687. The first-order valence-electron chi connectivity index (χ1n) is 8.46. The van der Waals surface area contributed by atoms with Gasteiger partial charge in [0.05, 0.1) is 12.8 Å². The van der Waals surface area contributed by atoms with Crippen LogP contribution in [0.25, 0.3) is 0 Å². The van der Waals surface area contributed by atoms with E-state index in [2.05, 4.69) is 15.4 Å². The number of alkyl carbamates (subject to hydrolysis) is 1. The Balaban J connectivity index is 2.69. The number of ether oxygens (including phenoxy) is 3. The largest absolute Gasteiger partial charge is 0.495 e.